The van der Waals surface area contributed by atoms with E-state index in [1.165, 1.54) is 0 Å². The molecule has 0 radical (unpaired) electrons. The second-order valence-electron chi connectivity index (χ2n) is 5.24. The zero-order valence-electron chi connectivity index (χ0n) is 15.0. The van der Waals surface area contributed by atoms with Gasteiger partial charge in [-0.3, -0.25) is 9.69 Å². The van der Waals surface area contributed by atoms with Gasteiger partial charge in [-0.2, -0.15) is 5.26 Å². The number of carbonyl (C=O) groups is 1. The number of amides is 1. The fourth-order valence-corrected chi connectivity index (χ4v) is 2.49. The molecule has 0 saturated carbocycles. The lowest BCUT2D eigenvalue weighted by Gasteiger charge is -2.31. The largest absolute Gasteiger partial charge is 0.493 e. The molecule has 0 unspecified atom stereocenters. The second-order valence-corrected chi connectivity index (χ2v) is 5.24. The summed E-state index contributed by atoms with van der Waals surface area (Å²) in [6.45, 7) is 6.06. The second kappa shape index (κ2) is 10.5. The maximum atomic E-state index is 11.4. The first kappa shape index (κ1) is 19.8. The Morgan fingerprint density at radius 3 is 2.54 bits per heavy atom. The molecule has 1 N–H and O–H groups in total. The van der Waals surface area contributed by atoms with Gasteiger partial charge < -0.3 is 14.8 Å². The molecule has 24 heavy (non-hydrogen) atoms. The van der Waals surface area contributed by atoms with Gasteiger partial charge in [0.1, 0.15) is 6.10 Å². The normalized spacial score (nSPS) is 14.8. The van der Waals surface area contributed by atoms with Crippen LogP contribution in [-0.2, 0) is 4.79 Å². The lowest BCUT2D eigenvalue weighted by atomic mass is 10.1. The topological polar surface area (TPSA) is 74.6 Å². The highest BCUT2D eigenvalue weighted by molar-refractivity contribution is 5.77. The SMILES string of the molecule is CC.CNC(=O)CN1CCC(Oc2cc(C#N)ccc2OC)CC1. The zero-order chi connectivity index (χ0) is 17.9. The Hall–Kier alpha value is -2.26. The third-order valence-electron chi connectivity index (χ3n) is 3.77. The van der Waals surface area contributed by atoms with Crippen molar-refractivity contribution >= 4 is 5.91 Å². The number of likely N-dealkylation sites (tertiary alicyclic amines) is 1. The minimum atomic E-state index is 0.0303. The molecule has 1 aliphatic rings. The Morgan fingerprint density at radius 2 is 2.00 bits per heavy atom. The van der Waals surface area contributed by atoms with Crippen LogP contribution in [-0.4, -0.2) is 50.7 Å². The summed E-state index contributed by atoms with van der Waals surface area (Å²) < 4.78 is 11.3. The van der Waals surface area contributed by atoms with Crippen molar-refractivity contribution in [3.8, 4) is 17.6 Å². The van der Waals surface area contributed by atoms with E-state index in [1.807, 2.05) is 13.8 Å². The average molecular weight is 333 g/mol. The van der Waals surface area contributed by atoms with Gasteiger partial charge in [0.05, 0.1) is 25.3 Å². The van der Waals surface area contributed by atoms with Crippen LogP contribution in [0.2, 0.25) is 0 Å². The van der Waals surface area contributed by atoms with Gasteiger partial charge in [-0.1, -0.05) is 13.8 Å². The maximum Gasteiger partial charge on any atom is 0.233 e. The van der Waals surface area contributed by atoms with Gasteiger partial charge in [0.2, 0.25) is 5.91 Å². The van der Waals surface area contributed by atoms with Crippen molar-refractivity contribution in [1.82, 2.24) is 10.2 Å². The number of nitriles is 1. The van der Waals surface area contributed by atoms with Crippen molar-refractivity contribution < 1.29 is 14.3 Å². The Morgan fingerprint density at radius 1 is 1.33 bits per heavy atom. The van der Waals surface area contributed by atoms with Crippen LogP contribution in [0.15, 0.2) is 18.2 Å². The van der Waals surface area contributed by atoms with Crippen LogP contribution in [0.5, 0.6) is 11.5 Å². The fraction of sp³-hybridized carbons (Fsp3) is 0.556. The Bertz CT molecular complexity index is 561. The molecule has 1 saturated heterocycles. The minimum Gasteiger partial charge on any atom is -0.493 e. The van der Waals surface area contributed by atoms with Crippen LogP contribution in [0.3, 0.4) is 0 Å². The first-order valence-electron chi connectivity index (χ1n) is 8.34. The van der Waals surface area contributed by atoms with Crippen LogP contribution in [0.25, 0.3) is 0 Å². The summed E-state index contributed by atoms with van der Waals surface area (Å²) >= 11 is 0. The molecule has 132 valence electrons. The van der Waals surface area contributed by atoms with E-state index in [0.29, 0.717) is 23.6 Å². The maximum absolute atomic E-state index is 11.4. The molecular weight excluding hydrogens is 306 g/mol. The predicted molar refractivity (Wildman–Crippen MR) is 93.2 cm³/mol. The summed E-state index contributed by atoms with van der Waals surface area (Å²) in [6.07, 6.45) is 1.76. The van der Waals surface area contributed by atoms with E-state index in [1.54, 1.807) is 32.4 Å². The van der Waals surface area contributed by atoms with E-state index < -0.39 is 0 Å². The molecule has 1 fully saturated rings. The Balaban J connectivity index is 0.00000139. The highest BCUT2D eigenvalue weighted by Crippen LogP contribution is 2.30. The standard InChI is InChI=1S/C16H21N3O3.C2H6/c1-18-16(20)11-19-7-5-13(6-8-19)22-15-9-12(10-17)3-4-14(15)21-2;1-2/h3-4,9,13H,5-8,11H2,1-2H3,(H,18,20);1-2H3. The van der Waals surface area contributed by atoms with Gasteiger partial charge in [0.15, 0.2) is 11.5 Å². The van der Waals surface area contributed by atoms with Gasteiger partial charge >= 0.3 is 0 Å². The smallest absolute Gasteiger partial charge is 0.233 e. The summed E-state index contributed by atoms with van der Waals surface area (Å²) in [7, 11) is 3.23. The van der Waals surface area contributed by atoms with Crippen molar-refractivity contribution in [2.24, 2.45) is 0 Å². The number of hydrogen-bond donors (Lipinski definition) is 1. The van der Waals surface area contributed by atoms with Crippen LogP contribution >= 0.6 is 0 Å². The number of ether oxygens (including phenoxy) is 2. The van der Waals surface area contributed by atoms with Gasteiger partial charge in [-0.15, -0.1) is 0 Å². The molecule has 0 aromatic heterocycles. The van der Waals surface area contributed by atoms with Gasteiger partial charge in [-0.05, 0) is 25.0 Å². The number of carbonyl (C=O) groups excluding carboxylic acids is 1. The lowest BCUT2D eigenvalue weighted by Crippen LogP contribution is -2.43. The third-order valence-corrected chi connectivity index (χ3v) is 3.77. The number of methoxy groups -OCH3 is 1. The summed E-state index contributed by atoms with van der Waals surface area (Å²) in [5.74, 6) is 1.26. The third kappa shape index (κ3) is 5.74. The molecule has 2 rings (SSSR count). The van der Waals surface area contributed by atoms with E-state index in [-0.39, 0.29) is 12.0 Å². The molecule has 1 heterocycles. The van der Waals surface area contributed by atoms with E-state index in [0.717, 1.165) is 25.9 Å². The minimum absolute atomic E-state index is 0.0303. The Labute approximate surface area is 144 Å². The van der Waals surface area contributed by atoms with Gasteiger partial charge in [-0.25, -0.2) is 0 Å². The molecule has 1 aromatic carbocycles. The average Bonchev–Trinajstić information content (AvgIpc) is 2.64. The molecule has 1 aromatic rings. The van der Waals surface area contributed by atoms with Crippen molar-refractivity contribution in [2.75, 3.05) is 33.8 Å². The molecule has 6 heteroatoms. The number of piperidine rings is 1. The molecule has 0 atom stereocenters. The highest BCUT2D eigenvalue weighted by Gasteiger charge is 2.22. The van der Waals surface area contributed by atoms with Crippen molar-refractivity contribution in [3.05, 3.63) is 23.8 Å². The summed E-state index contributed by atoms with van der Waals surface area (Å²) in [5.41, 5.74) is 0.549. The van der Waals surface area contributed by atoms with Gasteiger partial charge in [0.25, 0.3) is 0 Å². The molecule has 0 aliphatic carbocycles. The number of likely N-dealkylation sites (N-methyl/N-ethyl adjacent to an activating group) is 1. The van der Waals surface area contributed by atoms with Crippen LogP contribution in [0.4, 0.5) is 0 Å². The van der Waals surface area contributed by atoms with E-state index in [2.05, 4.69) is 16.3 Å². The van der Waals surface area contributed by atoms with E-state index in [9.17, 15) is 4.79 Å². The number of hydrogen-bond acceptors (Lipinski definition) is 5. The number of nitrogens with one attached hydrogen (secondary N) is 1. The van der Waals surface area contributed by atoms with Crippen LogP contribution < -0.4 is 14.8 Å². The molecule has 6 nitrogen and oxygen atoms in total. The summed E-state index contributed by atoms with van der Waals surface area (Å²) in [6, 6.07) is 7.26. The summed E-state index contributed by atoms with van der Waals surface area (Å²) in [4.78, 5) is 13.5. The molecule has 1 amide bonds. The highest BCUT2D eigenvalue weighted by atomic mass is 16.5. The number of rotatable bonds is 5. The molecule has 0 bridgehead atoms. The Kier molecular flexibility index (Phi) is 8.66. The predicted octanol–water partition coefficient (Wildman–Crippen LogP) is 2.18. The first-order chi connectivity index (χ1) is 11.7. The molecule has 0 spiro atoms. The van der Waals surface area contributed by atoms with Crippen LogP contribution in [0, 0.1) is 11.3 Å². The van der Waals surface area contributed by atoms with Gasteiger partial charge in [0, 0.05) is 26.2 Å². The quantitative estimate of drug-likeness (QED) is 0.894. The monoisotopic (exact) mass is 333 g/mol. The summed E-state index contributed by atoms with van der Waals surface area (Å²) in [5, 5.41) is 11.6. The molecule has 1 aliphatic heterocycles. The molecular formula is C18H27N3O3. The van der Waals surface area contributed by atoms with Crippen molar-refractivity contribution in [2.45, 2.75) is 32.8 Å². The van der Waals surface area contributed by atoms with E-state index >= 15 is 0 Å². The number of nitrogens with zero attached hydrogens (tertiary/aromatic N) is 2. The first-order valence-corrected chi connectivity index (χ1v) is 8.34. The lowest BCUT2D eigenvalue weighted by molar-refractivity contribution is -0.122. The van der Waals surface area contributed by atoms with Crippen molar-refractivity contribution in [3.63, 3.8) is 0 Å². The number of benzene rings is 1. The van der Waals surface area contributed by atoms with Crippen LogP contribution in [0.1, 0.15) is 32.3 Å². The van der Waals surface area contributed by atoms with E-state index in [4.69, 9.17) is 14.7 Å². The zero-order valence-corrected chi connectivity index (χ0v) is 15.0. The fourth-order valence-electron chi connectivity index (χ4n) is 2.49. The van der Waals surface area contributed by atoms with Crippen molar-refractivity contribution in [1.29, 1.82) is 5.26 Å².